The number of carbonyl (C=O) groups is 1. The number of nitrogens with one attached hydrogen (secondary N) is 2. The molecule has 1 aromatic rings. The second kappa shape index (κ2) is 7.56. The molecule has 0 heterocycles. The van der Waals surface area contributed by atoms with Gasteiger partial charge in [-0.3, -0.25) is 4.79 Å². The van der Waals surface area contributed by atoms with Gasteiger partial charge in [-0.05, 0) is 44.7 Å². The molecule has 0 bridgehead atoms. The van der Waals surface area contributed by atoms with E-state index in [9.17, 15) is 4.79 Å². The van der Waals surface area contributed by atoms with E-state index in [4.69, 9.17) is 0 Å². The lowest BCUT2D eigenvalue weighted by Gasteiger charge is -2.20. The minimum atomic E-state index is -0.148. The summed E-state index contributed by atoms with van der Waals surface area (Å²) in [7, 11) is 0. The molecule has 0 spiro atoms. The fourth-order valence-electron chi connectivity index (χ4n) is 1.66. The van der Waals surface area contributed by atoms with Crippen LogP contribution in [0, 0.1) is 0 Å². The standard InChI is InChI=1S/C15H24N2OS/c1-15(2,3)17-14(18)9-10-16-11-12-5-7-13(19-4)8-6-12/h5-8,16H,9-11H2,1-4H3,(H,17,18). The van der Waals surface area contributed by atoms with Crippen LogP contribution in [0.5, 0.6) is 0 Å². The maximum absolute atomic E-state index is 11.6. The Morgan fingerprint density at radius 3 is 2.37 bits per heavy atom. The van der Waals surface area contributed by atoms with Crippen LogP contribution in [0.15, 0.2) is 29.2 Å². The molecule has 0 unspecified atom stereocenters. The molecular weight excluding hydrogens is 256 g/mol. The van der Waals surface area contributed by atoms with Crippen LogP contribution >= 0.6 is 11.8 Å². The maximum atomic E-state index is 11.6. The SMILES string of the molecule is CSc1ccc(CNCCC(=O)NC(C)(C)C)cc1. The van der Waals surface area contributed by atoms with Gasteiger partial charge in [0.05, 0.1) is 0 Å². The predicted molar refractivity (Wildman–Crippen MR) is 82.4 cm³/mol. The molecule has 1 rings (SSSR count). The molecule has 4 heteroatoms. The van der Waals surface area contributed by atoms with E-state index in [1.807, 2.05) is 20.8 Å². The van der Waals surface area contributed by atoms with Gasteiger partial charge in [-0.1, -0.05) is 12.1 Å². The number of carbonyl (C=O) groups excluding carboxylic acids is 1. The van der Waals surface area contributed by atoms with Crippen LogP contribution in [0.2, 0.25) is 0 Å². The molecule has 1 aromatic carbocycles. The van der Waals surface area contributed by atoms with Gasteiger partial charge < -0.3 is 10.6 Å². The van der Waals surface area contributed by atoms with Crippen molar-refractivity contribution in [2.24, 2.45) is 0 Å². The first kappa shape index (κ1) is 16.1. The summed E-state index contributed by atoms with van der Waals surface area (Å²) < 4.78 is 0. The van der Waals surface area contributed by atoms with Crippen LogP contribution in [-0.4, -0.2) is 24.2 Å². The van der Waals surface area contributed by atoms with Gasteiger partial charge in [0.25, 0.3) is 0 Å². The third-order valence-corrected chi connectivity index (χ3v) is 3.28. The van der Waals surface area contributed by atoms with Crippen molar-refractivity contribution >= 4 is 17.7 Å². The molecule has 0 radical (unpaired) electrons. The summed E-state index contributed by atoms with van der Waals surface area (Å²) in [5, 5.41) is 6.24. The van der Waals surface area contributed by atoms with E-state index < -0.39 is 0 Å². The largest absolute Gasteiger partial charge is 0.351 e. The van der Waals surface area contributed by atoms with Gasteiger partial charge in [-0.15, -0.1) is 11.8 Å². The van der Waals surface area contributed by atoms with Gasteiger partial charge >= 0.3 is 0 Å². The zero-order valence-electron chi connectivity index (χ0n) is 12.2. The van der Waals surface area contributed by atoms with E-state index in [-0.39, 0.29) is 11.4 Å². The van der Waals surface area contributed by atoms with Crippen molar-refractivity contribution in [3.05, 3.63) is 29.8 Å². The van der Waals surface area contributed by atoms with Crippen molar-refractivity contribution in [2.45, 2.75) is 44.2 Å². The van der Waals surface area contributed by atoms with E-state index in [0.29, 0.717) is 13.0 Å². The molecule has 2 N–H and O–H groups in total. The van der Waals surface area contributed by atoms with Crippen molar-refractivity contribution in [3.63, 3.8) is 0 Å². The number of hydrogen-bond donors (Lipinski definition) is 2. The van der Waals surface area contributed by atoms with Crippen LogP contribution < -0.4 is 10.6 Å². The van der Waals surface area contributed by atoms with E-state index >= 15 is 0 Å². The highest BCUT2D eigenvalue weighted by atomic mass is 32.2. The number of amides is 1. The second-order valence-electron chi connectivity index (χ2n) is 5.57. The van der Waals surface area contributed by atoms with Crippen LogP contribution in [0.1, 0.15) is 32.8 Å². The van der Waals surface area contributed by atoms with E-state index in [0.717, 1.165) is 6.54 Å². The highest BCUT2D eigenvalue weighted by Gasteiger charge is 2.12. The molecule has 1 amide bonds. The first-order valence-corrected chi connectivity index (χ1v) is 7.78. The normalized spacial score (nSPS) is 11.4. The molecule has 0 aliphatic rings. The monoisotopic (exact) mass is 280 g/mol. The molecule has 0 aliphatic heterocycles. The quantitative estimate of drug-likeness (QED) is 0.622. The third-order valence-electron chi connectivity index (χ3n) is 2.53. The van der Waals surface area contributed by atoms with Crippen LogP contribution in [0.25, 0.3) is 0 Å². The Labute approximate surface area is 120 Å². The minimum Gasteiger partial charge on any atom is -0.351 e. The molecule has 0 saturated heterocycles. The van der Waals surface area contributed by atoms with Gasteiger partial charge in [-0.2, -0.15) is 0 Å². The summed E-state index contributed by atoms with van der Waals surface area (Å²) in [6, 6.07) is 8.48. The Morgan fingerprint density at radius 2 is 1.84 bits per heavy atom. The van der Waals surface area contributed by atoms with Crippen LogP contribution in [0.3, 0.4) is 0 Å². The Kier molecular flexibility index (Phi) is 6.38. The molecule has 0 fully saturated rings. The van der Waals surface area contributed by atoms with Gasteiger partial charge in [0.15, 0.2) is 0 Å². The highest BCUT2D eigenvalue weighted by molar-refractivity contribution is 7.98. The Hall–Kier alpha value is -1.00. The van der Waals surface area contributed by atoms with E-state index in [1.165, 1.54) is 10.5 Å². The Balaban J connectivity index is 2.21. The number of rotatable bonds is 6. The van der Waals surface area contributed by atoms with Crippen LogP contribution in [0.4, 0.5) is 0 Å². The highest BCUT2D eigenvalue weighted by Crippen LogP contribution is 2.14. The first-order chi connectivity index (χ1) is 8.90. The molecule has 0 atom stereocenters. The van der Waals surface area contributed by atoms with Crippen molar-refractivity contribution in [1.29, 1.82) is 0 Å². The van der Waals surface area contributed by atoms with Gasteiger partial charge in [-0.25, -0.2) is 0 Å². The third kappa shape index (κ3) is 7.23. The van der Waals surface area contributed by atoms with E-state index in [2.05, 4.69) is 41.2 Å². The molecule has 19 heavy (non-hydrogen) atoms. The zero-order valence-corrected chi connectivity index (χ0v) is 13.1. The van der Waals surface area contributed by atoms with E-state index in [1.54, 1.807) is 11.8 Å². The average Bonchev–Trinajstić information content (AvgIpc) is 2.33. The first-order valence-electron chi connectivity index (χ1n) is 6.55. The average molecular weight is 280 g/mol. The molecule has 3 nitrogen and oxygen atoms in total. The molecule has 0 saturated carbocycles. The number of hydrogen-bond acceptors (Lipinski definition) is 3. The molecule has 106 valence electrons. The maximum Gasteiger partial charge on any atom is 0.221 e. The lowest BCUT2D eigenvalue weighted by Crippen LogP contribution is -2.41. The van der Waals surface area contributed by atoms with Gasteiger partial charge in [0.2, 0.25) is 5.91 Å². The Morgan fingerprint density at radius 1 is 1.21 bits per heavy atom. The topological polar surface area (TPSA) is 41.1 Å². The smallest absolute Gasteiger partial charge is 0.221 e. The van der Waals surface area contributed by atoms with Crippen molar-refractivity contribution < 1.29 is 4.79 Å². The number of benzene rings is 1. The van der Waals surface area contributed by atoms with Gasteiger partial charge in [0.1, 0.15) is 0 Å². The summed E-state index contributed by atoms with van der Waals surface area (Å²) in [4.78, 5) is 12.9. The second-order valence-corrected chi connectivity index (χ2v) is 6.45. The van der Waals surface area contributed by atoms with Crippen molar-refractivity contribution in [3.8, 4) is 0 Å². The van der Waals surface area contributed by atoms with Crippen molar-refractivity contribution in [1.82, 2.24) is 10.6 Å². The summed E-state index contributed by atoms with van der Waals surface area (Å²) in [5.74, 6) is 0.0951. The van der Waals surface area contributed by atoms with Crippen molar-refractivity contribution in [2.75, 3.05) is 12.8 Å². The Bertz CT molecular complexity index is 396. The van der Waals surface area contributed by atoms with Crippen LogP contribution in [-0.2, 0) is 11.3 Å². The summed E-state index contributed by atoms with van der Waals surface area (Å²) >= 11 is 1.74. The lowest BCUT2D eigenvalue weighted by atomic mass is 10.1. The zero-order chi connectivity index (χ0) is 14.3. The fraction of sp³-hybridized carbons (Fsp3) is 0.533. The lowest BCUT2D eigenvalue weighted by molar-refractivity contribution is -0.122. The molecule has 0 aliphatic carbocycles. The molecular formula is C15H24N2OS. The minimum absolute atomic E-state index is 0.0951. The summed E-state index contributed by atoms with van der Waals surface area (Å²) in [6.07, 6.45) is 2.58. The predicted octanol–water partition coefficient (Wildman–Crippen LogP) is 2.80. The summed E-state index contributed by atoms with van der Waals surface area (Å²) in [6.45, 7) is 7.48. The number of thioether (sulfide) groups is 1. The molecule has 0 aromatic heterocycles. The summed E-state index contributed by atoms with van der Waals surface area (Å²) in [5.41, 5.74) is 1.10. The van der Waals surface area contributed by atoms with Gasteiger partial charge in [0, 0.05) is 29.9 Å². The fourth-order valence-corrected chi connectivity index (χ4v) is 2.07.